The summed E-state index contributed by atoms with van der Waals surface area (Å²) >= 11 is 0. The van der Waals surface area contributed by atoms with Gasteiger partial charge >= 0.3 is 0 Å². The number of rotatable bonds is 5. The number of hydrogen-bond acceptors (Lipinski definition) is 5. The molecular formula is C29H43N3O4. The summed E-state index contributed by atoms with van der Waals surface area (Å²) in [5.74, 6) is 2.30. The monoisotopic (exact) mass is 497 g/mol. The van der Waals surface area contributed by atoms with Crippen LogP contribution in [-0.4, -0.2) is 42.5 Å². The molecule has 1 aliphatic heterocycles. The number of carbonyl (C=O) groups is 3. The lowest BCUT2D eigenvalue weighted by molar-refractivity contribution is -0.131. The summed E-state index contributed by atoms with van der Waals surface area (Å²) < 4.78 is 0. The number of Topliss-reactive ketones (excluding diaryl/α,β-unsaturated/α-hetero) is 1. The van der Waals surface area contributed by atoms with Crippen LogP contribution in [0.25, 0.3) is 0 Å². The van der Waals surface area contributed by atoms with Gasteiger partial charge in [0.2, 0.25) is 5.91 Å². The van der Waals surface area contributed by atoms with E-state index in [-0.39, 0.29) is 35.2 Å². The summed E-state index contributed by atoms with van der Waals surface area (Å²) in [6, 6.07) is -0.480. The lowest BCUT2D eigenvalue weighted by Gasteiger charge is -2.58. The van der Waals surface area contributed by atoms with E-state index in [4.69, 9.17) is 4.84 Å². The van der Waals surface area contributed by atoms with Crippen LogP contribution in [0.4, 0.5) is 0 Å². The van der Waals surface area contributed by atoms with Crippen molar-refractivity contribution in [1.29, 1.82) is 0 Å². The van der Waals surface area contributed by atoms with Crippen LogP contribution in [0, 0.1) is 34.5 Å². The summed E-state index contributed by atoms with van der Waals surface area (Å²) in [6.45, 7) is 7.16. The van der Waals surface area contributed by atoms with E-state index in [1.54, 1.807) is 6.92 Å². The molecule has 0 bridgehead atoms. The van der Waals surface area contributed by atoms with E-state index in [9.17, 15) is 14.4 Å². The van der Waals surface area contributed by atoms with Crippen LogP contribution in [0.2, 0.25) is 0 Å². The molecule has 2 N–H and O–H groups in total. The van der Waals surface area contributed by atoms with Crippen LogP contribution < -0.4 is 10.6 Å². The Morgan fingerprint density at radius 1 is 1.08 bits per heavy atom. The van der Waals surface area contributed by atoms with Gasteiger partial charge in [0, 0.05) is 12.5 Å². The standard InChI is InChI=1S/C29H43N3O4/c1-18(33)22-9-10-23-21-8-7-19-16-20(11-13-28(19,2)24(21)12-14-29(22,23)3)32-36-17-26(34)31-25-6-4-5-15-30-27(25)35/h16,21-25H,4-15,17H2,1-3H3,(H,30,35)(H,31,34)/b32-20+/t21-,22+,23-,24-,25+,28+,29-/m1/s1. The molecule has 1 saturated heterocycles. The highest BCUT2D eigenvalue weighted by atomic mass is 16.6. The van der Waals surface area contributed by atoms with E-state index in [1.807, 2.05) is 0 Å². The Kier molecular flexibility index (Phi) is 7.03. The minimum absolute atomic E-state index is 0.114. The number of nitrogens with one attached hydrogen (secondary N) is 2. The Bertz CT molecular complexity index is 974. The van der Waals surface area contributed by atoms with Gasteiger partial charge in [0.05, 0.1) is 5.71 Å². The average Bonchev–Trinajstić information content (AvgIpc) is 3.08. The summed E-state index contributed by atoms with van der Waals surface area (Å²) in [7, 11) is 0. The lowest BCUT2D eigenvalue weighted by Crippen LogP contribution is -2.51. The second-order valence-corrected chi connectivity index (χ2v) is 12.6. The first-order chi connectivity index (χ1) is 17.2. The van der Waals surface area contributed by atoms with Crippen molar-refractivity contribution in [2.45, 2.75) is 97.4 Å². The molecule has 5 aliphatic rings. The molecule has 0 aromatic heterocycles. The van der Waals surface area contributed by atoms with Crippen molar-refractivity contribution < 1.29 is 19.2 Å². The molecule has 0 aromatic rings. The van der Waals surface area contributed by atoms with Crippen LogP contribution in [-0.2, 0) is 19.2 Å². The van der Waals surface area contributed by atoms with Crippen molar-refractivity contribution in [2.75, 3.05) is 13.2 Å². The van der Waals surface area contributed by atoms with Gasteiger partial charge in [-0.2, -0.15) is 0 Å². The highest BCUT2D eigenvalue weighted by Crippen LogP contribution is 2.66. The van der Waals surface area contributed by atoms with Gasteiger partial charge in [-0.15, -0.1) is 0 Å². The molecule has 0 aromatic carbocycles. The van der Waals surface area contributed by atoms with E-state index in [0.717, 1.165) is 50.2 Å². The third-order valence-electron chi connectivity index (χ3n) is 10.7. The average molecular weight is 498 g/mol. The van der Waals surface area contributed by atoms with E-state index >= 15 is 0 Å². The van der Waals surface area contributed by atoms with Gasteiger partial charge < -0.3 is 15.5 Å². The number of carbonyl (C=O) groups excluding carboxylic acids is 3. The van der Waals surface area contributed by atoms with Crippen molar-refractivity contribution in [1.82, 2.24) is 10.6 Å². The normalized spacial score (nSPS) is 41.2. The molecule has 198 valence electrons. The van der Waals surface area contributed by atoms with Gasteiger partial charge in [-0.25, -0.2) is 0 Å². The molecule has 3 saturated carbocycles. The zero-order valence-corrected chi connectivity index (χ0v) is 22.2. The molecule has 7 heteroatoms. The predicted molar refractivity (Wildman–Crippen MR) is 138 cm³/mol. The van der Waals surface area contributed by atoms with E-state index in [0.29, 0.717) is 30.6 Å². The van der Waals surface area contributed by atoms with Gasteiger partial charge in [-0.3, -0.25) is 14.4 Å². The minimum atomic E-state index is -0.480. The highest BCUT2D eigenvalue weighted by molar-refractivity contribution is 5.96. The van der Waals surface area contributed by atoms with E-state index in [1.165, 1.54) is 31.3 Å². The molecule has 1 heterocycles. The zero-order valence-electron chi connectivity index (χ0n) is 22.2. The SMILES string of the molecule is CC(=O)[C@@H]1CC[C@@H]2[C@H]3CCC4=C/C(=N/OCC(=O)N[C@H]5CCCCNC5=O)CC[C@]4(C)[C@@H]3CC[C@@]21C. The summed E-state index contributed by atoms with van der Waals surface area (Å²) in [5.41, 5.74) is 2.79. The number of allylic oxidation sites excluding steroid dienone is 2. The molecule has 5 rings (SSSR count). The fourth-order valence-electron chi connectivity index (χ4n) is 8.80. The largest absolute Gasteiger partial charge is 0.385 e. The fraction of sp³-hybridized carbons (Fsp3) is 0.793. The molecule has 4 fully saturated rings. The maximum Gasteiger partial charge on any atom is 0.261 e. The van der Waals surface area contributed by atoms with E-state index < -0.39 is 6.04 Å². The number of amides is 2. The summed E-state index contributed by atoms with van der Waals surface area (Å²) in [6.07, 6.45) is 13.6. The van der Waals surface area contributed by atoms with Crippen LogP contribution in [0.1, 0.15) is 91.4 Å². The smallest absolute Gasteiger partial charge is 0.261 e. The molecule has 0 unspecified atom stereocenters. The van der Waals surface area contributed by atoms with Gasteiger partial charge in [0.25, 0.3) is 5.91 Å². The quantitative estimate of drug-likeness (QED) is 0.553. The number of oxime groups is 1. The zero-order chi connectivity index (χ0) is 25.5. The van der Waals surface area contributed by atoms with Gasteiger partial charge in [0.15, 0.2) is 6.61 Å². The first-order valence-corrected chi connectivity index (χ1v) is 14.2. The molecule has 4 aliphatic carbocycles. The van der Waals surface area contributed by atoms with Crippen LogP contribution in [0.15, 0.2) is 16.8 Å². The topological polar surface area (TPSA) is 96.9 Å². The van der Waals surface area contributed by atoms with Crippen molar-refractivity contribution in [3.8, 4) is 0 Å². The van der Waals surface area contributed by atoms with Crippen LogP contribution in [0.5, 0.6) is 0 Å². The first kappa shape index (κ1) is 25.5. The number of nitrogens with zero attached hydrogens (tertiary/aromatic N) is 1. The number of fused-ring (bicyclic) bond motifs is 5. The number of hydrogen-bond donors (Lipinski definition) is 2. The van der Waals surface area contributed by atoms with Crippen molar-refractivity contribution >= 4 is 23.3 Å². The maximum absolute atomic E-state index is 12.4. The minimum Gasteiger partial charge on any atom is -0.385 e. The third-order valence-corrected chi connectivity index (χ3v) is 10.7. The molecular weight excluding hydrogens is 454 g/mol. The lowest BCUT2D eigenvalue weighted by atomic mass is 9.46. The molecule has 0 radical (unpaired) electrons. The molecule has 7 nitrogen and oxygen atoms in total. The molecule has 0 spiro atoms. The second-order valence-electron chi connectivity index (χ2n) is 12.6. The van der Waals surface area contributed by atoms with Gasteiger partial charge in [-0.05, 0) is 112 Å². The van der Waals surface area contributed by atoms with Gasteiger partial charge in [0.1, 0.15) is 11.8 Å². The Labute approximate surface area is 215 Å². The third kappa shape index (κ3) is 4.51. The second kappa shape index (κ2) is 9.94. The van der Waals surface area contributed by atoms with Crippen molar-refractivity contribution in [3.63, 3.8) is 0 Å². The highest BCUT2D eigenvalue weighted by Gasteiger charge is 2.59. The Hall–Kier alpha value is -2.18. The van der Waals surface area contributed by atoms with Gasteiger partial charge in [-0.1, -0.05) is 24.6 Å². The predicted octanol–water partition coefficient (Wildman–Crippen LogP) is 4.31. The summed E-state index contributed by atoms with van der Waals surface area (Å²) in [4.78, 5) is 42.2. The van der Waals surface area contributed by atoms with E-state index in [2.05, 4.69) is 35.7 Å². The fourth-order valence-corrected chi connectivity index (χ4v) is 8.80. The Morgan fingerprint density at radius 3 is 2.72 bits per heavy atom. The van der Waals surface area contributed by atoms with Crippen molar-refractivity contribution in [2.24, 2.45) is 39.7 Å². The van der Waals surface area contributed by atoms with Crippen LogP contribution in [0.3, 0.4) is 0 Å². The maximum atomic E-state index is 12.4. The molecule has 2 amide bonds. The molecule has 36 heavy (non-hydrogen) atoms. The van der Waals surface area contributed by atoms with Crippen molar-refractivity contribution in [3.05, 3.63) is 11.6 Å². The Morgan fingerprint density at radius 2 is 1.92 bits per heavy atom. The first-order valence-electron chi connectivity index (χ1n) is 14.2. The number of ketones is 1. The summed E-state index contributed by atoms with van der Waals surface area (Å²) in [5, 5.41) is 9.93. The molecule has 7 atom stereocenters. The Balaban J connectivity index is 1.20. The van der Waals surface area contributed by atoms with Crippen LogP contribution >= 0.6 is 0 Å².